The zero-order valence-electron chi connectivity index (χ0n) is 9.89. The normalized spacial score (nSPS) is 26.7. The van der Waals surface area contributed by atoms with Gasteiger partial charge in [0, 0.05) is 5.57 Å². The molecule has 15 heavy (non-hydrogen) atoms. The van der Waals surface area contributed by atoms with Crippen LogP contribution in [0.15, 0.2) is 23.3 Å². The lowest BCUT2D eigenvalue weighted by Crippen LogP contribution is -2.30. The summed E-state index contributed by atoms with van der Waals surface area (Å²) in [5, 5.41) is 10.4. The molecule has 2 nitrogen and oxygen atoms in total. The maximum Gasteiger partial charge on any atom is 0.187 e. The van der Waals surface area contributed by atoms with Crippen LogP contribution in [0.2, 0.25) is 0 Å². The topological polar surface area (TPSA) is 37.3 Å². The monoisotopic (exact) mass is 208 g/mol. The molecule has 1 aliphatic rings. The fourth-order valence-corrected chi connectivity index (χ4v) is 2.09. The molecule has 0 saturated carbocycles. The maximum atomic E-state index is 11.6. The first-order valence-corrected chi connectivity index (χ1v) is 5.59. The van der Waals surface area contributed by atoms with Gasteiger partial charge in [0.25, 0.3) is 0 Å². The van der Waals surface area contributed by atoms with Crippen molar-refractivity contribution in [1.82, 2.24) is 0 Å². The van der Waals surface area contributed by atoms with Crippen molar-refractivity contribution in [2.24, 2.45) is 0 Å². The van der Waals surface area contributed by atoms with E-state index in [-0.39, 0.29) is 5.78 Å². The summed E-state index contributed by atoms with van der Waals surface area (Å²) in [6, 6.07) is 0. The van der Waals surface area contributed by atoms with E-state index in [1.54, 1.807) is 6.92 Å². The van der Waals surface area contributed by atoms with Crippen molar-refractivity contribution in [2.45, 2.75) is 52.1 Å². The molecule has 1 rings (SSSR count). The maximum absolute atomic E-state index is 11.6. The Labute approximate surface area is 91.7 Å². The summed E-state index contributed by atoms with van der Waals surface area (Å²) in [5.41, 5.74) is 0.747. The lowest BCUT2D eigenvalue weighted by Gasteiger charge is -2.25. The number of unbranched alkanes of at least 4 members (excludes halogenated alkanes) is 2. The van der Waals surface area contributed by atoms with E-state index in [0.29, 0.717) is 17.6 Å². The molecule has 1 atom stereocenters. The molecule has 2 heteroatoms. The van der Waals surface area contributed by atoms with Gasteiger partial charge < -0.3 is 5.11 Å². The Balaban J connectivity index is 2.84. The number of hydrogen-bond acceptors (Lipinski definition) is 2. The molecule has 0 bridgehead atoms. The van der Waals surface area contributed by atoms with Gasteiger partial charge in [-0.05, 0) is 37.8 Å². The first-order valence-electron chi connectivity index (χ1n) is 5.59. The Bertz CT molecular complexity index is 325. The summed E-state index contributed by atoms with van der Waals surface area (Å²) in [5.74, 6) is -0.0773. The van der Waals surface area contributed by atoms with Crippen LogP contribution in [-0.4, -0.2) is 16.5 Å². The van der Waals surface area contributed by atoms with Crippen LogP contribution in [0.1, 0.15) is 46.5 Å². The van der Waals surface area contributed by atoms with E-state index in [9.17, 15) is 9.90 Å². The molecule has 0 spiro atoms. The Morgan fingerprint density at radius 3 is 2.33 bits per heavy atom. The number of hydrogen-bond donors (Lipinski definition) is 1. The van der Waals surface area contributed by atoms with Gasteiger partial charge in [-0.3, -0.25) is 4.79 Å². The molecule has 0 aromatic heterocycles. The molecule has 0 aromatic carbocycles. The fourth-order valence-electron chi connectivity index (χ4n) is 2.09. The van der Waals surface area contributed by atoms with Crippen LogP contribution < -0.4 is 0 Å². The molecule has 84 valence electrons. The lowest BCUT2D eigenvalue weighted by atomic mass is 9.87. The number of Topliss-reactive ketones (excluding diaryl/α,β-unsaturated/α-hetero) is 1. The Morgan fingerprint density at radius 1 is 1.33 bits per heavy atom. The molecule has 0 amide bonds. The highest BCUT2D eigenvalue weighted by Crippen LogP contribution is 2.39. The number of allylic oxidation sites excluding steroid dienone is 1. The van der Waals surface area contributed by atoms with Gasteiger partial charge in [0.15, 0.2) is 5.78 Å². The largest absolute Gasteiger partial charge is 0.381 e. The van der Waals surface area contributed by atoms with Crippen LogP contribution in [0, 0.1) is 0 Å². The first kappa shape index (κ1) is 12.2. The zero-order valence-corrected chi connectivity index (χ0v) is 9.89. The zero-order chi connectivity index (χ0) is 11.6. The molecule has 0 saturated heterocycles. The minimum Gasteiger partial charge on any atom is -0.381 e. The van der Waals surface area contributed by atoms with Crippen LogP contribution in [0.4, 0.5) is 0 Å². The van der Waals surface area contributed by atoms with Crippen molar-refractivity contribution in [3.8, 4) is 0 Å². The standard InChI is InChI=1S/C13H20O2/c1-5-6-7-8-13(15)10(3)9(2)12(14)11(13)4/h15H,4-8H2,1-3H3/t13-/m0/s1. The number of rotatable bonds is 4. The van der Waals surface area contributed by atoms with Crippen molar-refractivity contribution >= 4 is 5.78 Å². The fraction of sp³-hybridized carbons (Fsp3) is 0.615. The smallest absolute Gasteiger partial charge is 0.187 e. The average molecular weight is 208 g/mol. The predicted octanol–water partition coefficient (Wildman–Crippen LogP) is 2.77. The van der Waals surface area contributed by atoms with Crippen LogP contribution in [0.25, 0.3) is 0 Å². The van der Waals surface area contributed by atoms with E-state index < -0.39 is 5.60 Å². The lowest BCUT2D eigenvalue weighted by molar-refractivity contribution is -0.112. The molecule has 0 fully saturated rings. The highest BCUT2D eigenvalue weighted by molar-refractivity contribution is 6.13. The van der Waals surface area contributed by atoms with E-state index in [4.69, 9.17) is 0 Å². The van der Waals surface area contributed by atoms with Gasteiger partial charge in [-0.1, -0.05) is 26.3 Å². The van der Waals surface area contributed by atoms with Crippen molar-refractivity contribution in [3.05, 3.63) is 23.3 Å². The highest BCUT2D eigenvalue weighted by Gasteiger charge is 2.43. The van der Waals surface area contributed by atoms with Crippen molar-refractivity contribution < 1.29 is 9.90 Å². The molecular formula is C13H20O2. The van der Waals surface area contributed by atoms with Crippen LogP contribution >= 0.6 is 0 Å². The number of carbonyl (C=O) groups excluding carboxylic acids is 1. The Hall–Kier alpha value is -0.890. The van der Waals surface area contributed by atoms with Gasteiger partial charge in [-0.2, -0.15) is 0 Å². The van der Waals surface area contributed by atoms with E-state index in [0.717, 1.165) is 24.8 Å². The van der Waals surface area contributed by atoms with E-state index in [1.807, 2.05) is 6.92 Å². The van der Waals surface area contributed by atoms with Gasteiger partial charge in [0.1, 0.15) is 5.60 Å². The second-order valence-electron chi connectivity index (χ2n) is 4.38. The molecule has 0 heterocycles. The second kappa shape index (κ2) is 4.31. The molecule has 1 aliphatic carbocycles. The third-order valence-electron chi connectivity index (χ3n) is 3.44. The van der Waals surface area contributed by atoms with Crippen LogP contribution in [-0.2, 0) is 4.79 Å². The average Bonchev–Trinajstić information content (AvgIpc) is 2.36. The van der Waals surface area contributed by atoms with Crippen molar-refractivity contribution in [1.29, 1.82) is 0 Å². The van der Waals surface area contributed by atoms with Gasteiger partial charge in [-0.15, -0.1) is 0 Å². The SMILES string of the molecule is C=C1C(=O)C(C)=C(C)[C@@]1(O)CCCCC. The minimum atomic E-state index is -1.06. The van der Waals surface area contributed by atoms with Crippen molar-refractivity contribution in [2.75, 3.05) is 0 Å². The quantitative estimate of drug-likeness (QED) is 0.569. The van der Waals surface area contributed by atoms with E-state index >= 15 is 0 Å². The molecule has 1 N–H and O–H groups in total. The molecule has 0 unspecified atom stereocenters. The molecule has 0 aliphatic heterocycles. The minimum absolute atomic E-state index is 0.0773. The van der Waals surface area contributed by atoms with E-state index in [1.165, 1.54) is 0 Å². The summed E-state index contributed by atoms with van der Waals surface area (Å²) >= 11 is 0. The van der Waals surface area contributed by atoms with Crippen molar-refractivity contribution in [3.63, 3.8) is 0 Å². The summed E-state index contributed by atoms with van der Waals surface area (Å²) in [6.45, 7) is 9.44. The summed E-state index contributed by atoms with van der Waals surface area (Å²) in [7, 11) is 0. The number of ketones is 1. The Morgan fingerprint density at radius 2 is 1.93 bits per heavy atom. The van der Waals surface area contributed by atoms with Crippen LogP contribution in [0.3, 0.4) is 0 Å². The van der Waals surface area contributed by atoms with Crippen LogP contribution in [0.5, 0.6) is 0 Å². The third kappa shape index (κ3) is 1.91. The third-order valence-corrected chi connectivity index (χ3v) is 3.44. The molecular weight excluding hydrogens is 188 g/mol. The summed E-state index contributed by atoms with van der Waals surface area (Å²) in [4.78, 5) is 11.6. The second-order valence-corrected chi connectivity index (χ2v) is 4.38. The van der Waals surface area contributed by atoms with Gasteiger partial charge in [-0.25, -0.2) is 0 Å². The Kier molecular flexibility index (Phi) is 3.50. The molecule has 0 radical (unpaired) electrons. The molecule has 0 aromatic rings. The first-order chi connectivity index (χ1) is 6.95. The van der Waals surface area contributed by atoms with E-state index in [2.05, 4.69) is 13.5 Å². The van der Waals surface area contributed by atoms with Gasteiger partial charge in [0.2, 0.25) is 0 Å². The van der Waals surface area contributed by atoms with Gasteiger partial charge >= 0.3 is 0 Å². The summed E-state index contributed by atoms with van der Waals surface area (Å²) < 4.78 is 0. The number of aliphatic hydroxyl groups is 1. The predicted molar refractivity (Wildman–Crippen MR) is 61.6 cm³/mol. The summed E-state index contributed by atoms with van der Waals surface area (Å²) in [6.07, 6.45) is 3.74. The van der Waals surface area contributed by atoms with Gasteiger partial charge in [0.05, 0.1) is 0 Å². The number of carbonyl (C=O) groups is 1. The highest BCUT2D eigenvalue weighted by atomic mass is 16.3.